The first-order valence-electron chi connectivity index (χ1n) is 12.7. The molecule has 1 aliphatic carbocycles. The van der Waals surface area contributed by atoms with Crippen LogP contribution in [0.15, 0.2) is 34.3 Å². The third-order valence-electron chi connectivity index (χ3n) is 7.76. The maximum atomic E-state index is 13.3. The zero-order chi connectivity index (χ0) is 25.6. The van der Waals surface area contributed by atoms with E-state index < -0.39 is 17.4 Å². The number of hydrogen-bond acceptors (Lipinski definition) is 7. The predicted octanol–water partition coefficient (Wildman–Crippen LogP) is 3.81. The zero-order valence-corrected chi connectivity index (χ0v) is 20.7. The van der Waals surface area contributed by atoms with Crippen molar-refractivity contribution in [1.29, 1.82) is 5.41 Å². The summed E-state index contributed by atoms with van der Waals surface area (Å²) in [4.78, 5) is 11.3. The fourth-order valence-corrected chi connectivity index (χ4v) is 5.50. The molecular weight excluding hydrogens is 471 g/mol. The average Bonchev–Trinajstić information content (AvgIpc) is 3.44. The van der Waals surface area contributed by atoms with Crippen LogP contribution in [0.2, 0.25) is 0 Å². The van der Waals surface area contributed by atoms with Crippen LogP contribution in [-0.2, 0) is 10.9 Å². The Morgan fingerprint density at radius 1 is 1.14 bits per heavy atom. The van der Waals surface area contributed by atoms with Gasteiger partial charge in [-0.05, 0) is 83.2 Å². The number of alkyl halides is 3. The highest BCUT2D eigenvalue weighted by Gasteiger charge is 2.61. The molecule has 0 radical (unpaired) electrons. The number of rotatable bonds is 5. The molecule has 1 aromatic rings. The van der Waals surface area contributed by atoms with Crippen LogP contribution in [0.4, 0.5) is 18.9 Å². The van der Waals surface area contributed by atoms with Gasteiger partial charge in [-0.2, -0.15) is 13.2 Å². The Kier molecular flexibility index (Phi) is 6.48. The molecule has 2 fully saturated rings. The molecule has 1 atom stereocenters. The summed E-state index contributed by atoms with van der Waals surface area (Å²) in [5.41, 5.74) is -1.75. The number of aliphatic imine (C=N–C) groups is 2. The summed E-state index contributed by atoms with van der Waals surface area (Å²) >= 11 is 0. The van der Waals surface area contributed by atoms with Crippen molar-refractivity contribution in [3.8, 4) is 0 Å². The molecule has 196 valence electrons. The summed E-state index contributed by atoms with van der Waals surface area (Å²) in [6.45, 7) is 4.40. The van der Waals surface area contributed by atoms with Gasteiger partial charge < -0.3 is 20.7 Å². The molecule has 0 aromatic heterocycles. The van der Waals surface area contributed by atoms with Crippen molar-refractivity contribution in [2.24, 2.45) is 15.9 Å². The summed E-state index contributed by atoms with van der Waals surface area (Å²) in [5, 5.41) is 18.9. The van der Waals surface area contributed by atoms with Crippen molar-refractivity contribution >= 4 is 23.3 Å². The van der Waals surface area contributed by atoms with Gasteiger partial charge in [0, 0.05) is 30.5 Å². The molecule has 1 saturated heterocycles. The second-order valence-electron chi connectivity index (χ2n) is 10.5. The van der Waals surface area contributed by atoms with Gasteiger partial charge in [0.25, 0.3) is 5.66 Å². The number of benzene rings is 1. The maximum Gasteiger partial charge on any atom is 0.416 e. The van der Waals surface area contributed by atoms with Gasteiger partial charge in [-0.1, -0.05) is 6.07 Å². The molecule has 1 unspecified atom stereocenters. The fraction of sp³-hybridized carbons (Fsp3) is 0.640. The molecule has 0 bridgehead atoms. The number of amidine groups is 2. The smallest absolute Gasteiger partial charge is 0.381 e. The lowest BCUT2D eigenvalue weighted by molar-refractivity contribution is -0.137. The molecule has 3 aliphatic heterocycles. The fourth-order valence-electron chi connectivity index (χ4n) is 5.50. The first-order chi connectivity index (χ1) is 17.1. The van der Waals surface area contributed by atoms with Crippen LogP contribution < -0.4 is 16.0 Å². The van der Waals surface area contributed by atoms with Gasteiger partial charge in [-0.3, -0.25) is 10.3 Å². The second-order valence-corrected chi connectivity index (χ2v) is 10.5. The van der Waals surface area contributed by atoms with E-state index in [9.17, 15) is 13.2 Å². The van der Waals surface area contributed by atoms with Crippen molar-refractivity contribution in [1.82, 2.24) is 15.5 Å². The van der Waals surface area contributed by atoms with E-state index in [0.29, 0.717) is 30.9 Å². The Bertz CT molecular complexity index is 1060. The summed E-state index contributed by atoms with van der Waals surface area (Å²) in [6, 6.07) is 5.13. The molecule has 3 heterocycles. The van der Waals surface area contributed by atoms with Gasteiger partial charge in [-0.15, -0.1) is 0 Å². The van der Waals surface area contributed by atoms with E-state index in [1.54, 1.807) is 6.07 Å². The lowest BCUT2D eigenvalue weighted by Gasteiger charge is -2.36. The van der Waals surface area contributed by atoms with Gasteiger partial charge in [0.2, 0.25) is 5.96 Å². The number of hydrogen-bond donors (Lipinski definition) is 4. The lowest BCUT2D eigenvalue weighted by Crippen LogP contribution is -2.53. The molecule has 11 heteroatoms. The second kappa shape index (κ2) is 9.33. The minimum atomic E-state index is -4.44. The van der Waals surface area contributed by atoms with Gasteiger partial charge in [0.15, 0.2) is 11.7 Å². The van der Waals surface area contributed by atoms with Crippen molar-refractivity contribution in [3.63, 3.8) is 0 Å². The molecule has 5 rings (SSSR count). The SMILES string of the molecule is CNC[C@H]1CC[C@@H](N2C(=N)C3(N=C2Nc2cccc(C(F)(F)F)c2)N=C3NC2(C)CCOCC2)CC1. The van der Waals surface area contributed by atoms with Crippen molar-refractivity contribution in [2.45, 2.75) is 68.9 Å². The van der Waals surface area contributed by atoms with Crippen molar-refractivity contribution < 1.29 is 17.9 Å². The zero-order valence-electron chi connectivity index (χ0n) is 20.7. The maximum absolute atomic E-state index is 13.3. The van der Waals surface area contributed by atoms with Crippen LogP contribution in [0.5, 0.6) is 0 Å². The predicted molar refractivity (Wildman–Crippen MR) is 133 cm³/mol. The van der Waals surface area contributed by atoms with E-state index in [1.807, 2.05) is 11.9 Å². The Balaban J connectivity index is 1.38. The highest BCUT2D eigenvalue weighted by Crippen LogP contribution is 2.41. The topological polar surface area (TPSA) is 97.1 Å². The molecule has 0 amide bonds. The van der Waals surface area contributed by atoms with Crippen molar-refractivity contribution in [3.05, 3.63) is 29.8 Å². The standard InChI is InChI=1S/C25H34F3N7O/c1-23(10-12-36-13-11-23)32-21-24(33-21)20(29)35(19-8-6-16(7-9-19)15-30-2)22(34-24)31-18-5-3-4-17(14-18)25(26,27)28/h3-5,14,16,19,29-30H,6-13,15H2,1-2H3,(H,31,34)(H,32,33)/t16-,19+,24?. The molecule has 1 aromatic carbocycles. The molecular formula is C25H34F3N7O. The van der Waals surface area contributed by atoms with E-state index >= 15 is 0 Å². The number of nitrogens with zero attached hydrogens (tertiary/aromatic N) is 3. The number of ether oxygens (including phenoxy) is 1. The molecule has 1 spiro atoms. The Morgan fingerprint density at radius 3 is 2.53 bits per heavy atom. The summed E-state index contributed by atoms with van der Waals surface area (Å²) in [7, 11) is 1.95. The van der Waals surface area contributed by atoms with Gasteiger partial charge >= 0.3 is 6.18 Å². The average molecular weight is 506 g/mol. The first-order valence-corrected chi connectivity index (χ1v) is 12.7. The lowest BCUT2D eigenvalue weighted by atomic mass is 9.85. The largest absolute Gasteiger partial charge is 0.416 e. The molecule has 36 heavy (non-hydrogen) atoms. The number of guanidine groups is 1. The molecule has 1 saturated carbocycles. The summed E-state index contributed by atoms with van der Waals surface area (Å²) in [5.74, 6) is 1.87. The van der Waals surface area contributed by atoms with E-state index in [1.165, 1.54) is 6.07 Å². The minimum absolute atomic E-state index is 0.0396. The van der Waals surface area contributed by atoms with Crippen LogP contribution >= 0.6 is 0 Å². The number of halogens is 3. The Hall–Kier alpha value is -2.66. The quantitative estimate of drug-likeness (QED) is 0.488. The van der Waals surface area contributed by atoms with E-state index in [0.717, 1.165) is 57.2 Å². The van der Waals surface area contributed by atoms with Crippen LogP contribution in [-0.4, -0.2) is 66.6 Å². The molecule has 4 aliphatic rings. The minimum Gasteiger partial charge on any atom is -0.381 e. The van der Waals surface area contributed by atoms with Gasteiger partial charge in [0.05, 0.1) is 5.56 Å². The van der Waals surface area contributed by atoms with Crippen LogP contribution in [0.25, 0.3) is 0 Å². The third kappa shape index (κ3) is 4.82. The highest BCUT2D eigenvalue weighted by molar-refractivity contribution is 6.30. The summed E-state index contributed by atoms with van der Waals surface area (Å²) < 4.78 is 45.4. The number of nitrogens with one attached hydrogen (secondary N) is 4. The normalized spacial score (nSPS) is 29.7. The Morgan fingerprint density at radius 2 is 1.86 bits per heavy atom. The first kappa shape index (κ1) is 25.0. The third-order valence-corrected chi connectivity index (χ3v) is 7.76. The van der Waals surface area contributed by atoms with Crippen molar-refractivity contribution in [2.75, 3.05) is 32.1 Å². The van der Waals surface area contributed by atoms with E-state index in [-0.39, 0.29) is 23.1 Å². The van der Waals surface area contributed by atoms with Crippen LogP contribution in [0.1, 0.15) is 51.0 Å². The van der Waals surface area contributed by atoms with Crippen LogP contribution in [0.3, 0.4) is 0 Å². The highest BCUT2D eigenvalue weighted by atomic mass is 19.4. The molecule has 4 N–H and O–H groups in total. The van der Waals surface area contributed by atoms with Gasteiger partial charge in [-0.25, -0.2) is 9.98 Å². The number of anilines is 1. The van der Waals surface area contributed by atoms with E-state index in [2.05, 4.69) is 27.9 Å². The summed E-state index contributed by atoms with van der Waals surface area (Å²) in [6.07, 6.45) is 1.01. The van der Waals surface area contributed by atoms with E-state index in [4.69, 9.17) is 15.1 Å². The molecule has 8 nitrogen and oxygen atoms in total. The monoisotopic (exact) mass is 505 g/mol. The van der Waals surface area contributed by atoms with Crippen LogP contribution in [0, 0.1) is 11.3 Å². The van der Waals surface area contributed by atoms with Gasteiger partial charge in [0.1, 0.15) is 0 Å². The Labute approximate surface area is 209 Å².